The summed E-state index contributed by atoms with van der Waals surface area (Å²) in [6, 6.07) is 13.2. The zero-order chi connectivity index (χ0) is 38.0. The van der Waals surface area contributed by atoms with Crippen molar-refractivity contribution in [2.45, 2.75) is 113 Å². The van der Waals surface area contributed by atoms with Gasteiger partial charge in [0, 0.05) is 23.9 Å². The van der Waals surface area contributed by atoms with E-state index in [4.69, 9.17) is 0 Å². The van der Waals surface area contributed by atoms with Crippen molar-refractivity contribution in [2.75, 3.05) is 13.1 Å². The largest absolute Gasteiger partial charge is 0.506 e. The number of carbonyl (C=O) groups excluding carboxylic acids is 2. The van der Waals surface area contributed by atoms with Crippen molar-refractivity contribution in [3.05, 3.63) is 60.2 Å². The molecule has 1 atom stereocenters. The van der Waals surface area contributed by atoms with E-state index in [-0.39, 0.29) is 47.6 Å². The molecule has 0 aromatic heterocycles. The van der Waals surface area contributed by atoms with Crippen LogP contribution in [0.2, 0.25) is 0 Å². The molecule has 0 aliphatic carbocycles. The number of aromatic hydroxyl groups is 1. The van der Waals surface area contributed by atoms with Crippen LogP contribution in [-0.2, 0) is 25.0 Å². The number of fused-ring (bicyclic) bond motifs is 1. The minimum atomic E-state index is -4.65. The Bertz CT molecular complexity index is 1870. The molecule has 0 aliphatic rings. The maximum absolute atomic E-state index is 13.1. The minimum absolute atomic E-state index is 0.0218. The smallest absolute Gasteiger partial charge is 0.296 e. The zero-order valence-corrected chi connectivity index (χ0v) is 31.4. The molecule has 0 saturated heterocycles. The van der Waals surface area contributed by atoms with Crippen molar-refractivity contribution in [3.8, 4) is 5.75 Å². The summed E-state index contributed by atoms with van der Waals surface area (Å²) in [4.78, 5) is 25.4. The number of carbonyl (C=O) groups is 2. The van der Waals surface area contributed by atoms with Gasteiger partial charge < -0.3 is 15.7 Å². The molecule has 5 N–H and O–H groups in total. The lowest BCUT2D eigenvalue weighted by atomic mass is 10.0. The van der Waals surface area contributed by atoms with Gasteiger partial charge in [-0.3, -0.25) is 18.7 Å². The lowest BCUT2D eigenvalue weighted by molar-refractivity contribution is -0.120. The fourth-order valence-electron chi connectivity index (χ4n) is 5.97. The molecule has 13 nitrogen and oxygen atoms in total. The Morgan fingerprint density at radius 3 is 1.75 bits per heavy atom. The van der Waals surface area contributed by atoms with Crippen LogP contribution in [-0.4, -0.2) is 61.2 Å². The van der Waals surface area contributed by atoms with Crippen LogP contribution in [0.3, 0.4) is 0 Å². The second kappa shape index (κ2) is 21.6. The highest BCUT2D eigenvalue weighted by molar-refractivity contribution is 7.87. The molecular formula is C37H52N4O9S2. The summed E-state index contributed by atoms with van der Waals surface area (Å²) < 4.78 is 66.8. The SMILES string of the molecule is CCCCCCCCCCCCCCCCC(C(=O)NCCNC(=O)c1cc(N=Nc2ccccc2S(=O)(=O)O)c2ccccc2c1O)S(=O)(=O)O. The van der Waals surface area contributed by atoms with Crippen LogP contribution < -0.4 is 10.6 Å². The van der Waals surface area contributed by atoms with E-state index in [9.17, 15) is 40.6 Å². The average Bonchev–Trinajstić information content (AvgIpc) is 3.10. The van der Waals surface area contributed by atoms with Gasteiger partial charge in [0.2, 0.25) is 5.91 Å². The van der Waals surface area contributed by atoms with Gasteiger partial charge in [0.05, 0.1) is 11.3 Å². The monoisotopic (exact) mass is 760 g/mol. The standard InChI is InChI=1S/C37H52N4O9S2/c1-2-3-4-5-6-7-8-9-10-11-12-13-14-15-24-34(52(48,49)50)37(44)39-26-25-38-36(43)30-27-32(28-20-16-17-21-29(28)35(30)42)41-40-31-22-18-19-23-33(31)51(45,46)47/h16-23,27,34,42H,2-15,24-26H2,1H3,(H,38,43)(H,39,44)(H,45,46,47)(H,48,49,50). The number of azo groups is 1. The summed E-state index contributed by atoms with van der Waals surface area (Å²) in [6.45, 7) is 1.94. The molecule has 0 radical (unpaired) electrons. The van der Waals surface area contributed by atoms with Crippen LogP contribution >= 0.6 is 0 Å². The highest BCUT2D eigenvalue weighted by Crippen LogP contribution is 2.37. The molecule has 0 spiro atoms. The van der Waals surface area contributed by atoms with E-state index in [2.05, 4.69) is 27.8 Å². The number of hydrogen-bond acceptors (Lipinski definition) is 9. The quantitative estimate of drug-likeness (QED) is 0.0338. The van der Waals surface area contributed by atoms with Crippen molar-refractivity contribution < 1.29 is 40.6 Å². The van der Waals surface area contributed by atoms with Gasteiger partial charge >= 0.3 is 0 Å². The number of nitrogens with one attached hydrogen (secondary N) is 2. The second-order valence-electron chi connectivity index (χ2n) is 12.9. The molecule has 0 heterocycles. The fourth-order valence-corrected chi connectivity index (χ4v) is 7.41. The Morgan fingerprint density at radius 1 is 0.673 bits per heavy atom. The van der Waals surface area contributed by atoms with E-state index in [0.717, 1.165) is 31.7 Å². The summed E-state index contributed by atoms with van der Waals surface area (Å²) >= 11 is 0. The molecule has 3 rings (SSSR count). The molecule has 286 valence electrons. The molecule has 1 unspecified atom stereocenters. The van der Waals surface area contributed by atoms with Gasteiger partial charge in [-0.15, -0.1) is 10.2 Å². The van der Waals surface area contributed by atoms with Crippen LogP contribution in [0.25, 0.3) is 10.8 Å². The van der Waals surface area contributed by atoms with Crippen LogP contribution in [0.1, 0.15) is 114 Å². The lowest BCUT2D eigenvalue weighted by Gasteiger charge is -2.15. The molecule has 15 heteroatoms. The Morgan fingerprint density at radius 2 is 1.17 bits per heavy atom. The number of unbranched alkanes of at least 4 members (excludes halogenated alkanes) is 13. The van der Waals surface area contributed by atoms with Crippen LogP contribution in [0.15, 0.2) is 69.7 Å². The summed E-state index contributed by atoms with van der Waals surface area (Å²) in [5.74, 6) is -1.96. The first-order valence-electron chi connectivity index (χ1n) is 18.1. The van der Waals surface area contributed by atoms with E-state index in [1.165, 1.54) is 82.1 Å². The first-order valence-corrected chi connectivity index (χ1v) is 21.0. The zero-order valence-electron chi connectivity index (χ0n) is 29.8. The first-order chi connectivity index (χ1) is 24.8. The normalized spacial score (nSPS) is 12.7. The third-order valence-electron chi connectivity index (χ3n) is 8.83. The average molecular weight is 761 g/mol. The lowest BCUT2D eigenvalue weighted by Crippen LogP contribution is -2.42. The fraction of sp³-hybridized carbons (Fsp3) is 0.514. The maximum Gasteiger partial charge on any atom is 0.296 e. The Balaban J connectivity index is 1.49. The summed E-state index contributed by atoms with van der Waals surface area (Å²) in [5.41, 5.74) is -0.205. The minimum Gasteiger partial charge on any atom is -0.506 e. The van der Waals surface area contributed by atoms with E-state index in [0.29, 0.717) is 11.8 Å². The van der Waals surface area contributed by atoms with E-state index >= 15 is 0 Å². The Kier molecular flexibility index (Phi) is 17.6. The summed E-state index contributed by atoms with van der Waals surface area (Å²) in [7, 11) is -9.24. The van der Waals surface area contributed by atoms with E-state index < -0.39 is 42.2 Å². The third-order valence-corrected chi connectivity index (χ3v) is 10.9. The first kappa shape index (κ1) is 42.5. The van der Waals surface area contributed by atoms with E-state index in [1.54, 1.807) is 24.3 Å². The molecule has 0 saturated carbocycles. The second-order valence-corrected chi connectivity index (χ2v) is 15.9. The van der Waals surface area contributed by atoms with Gasteiger partial charge in [0.1, 0.15) is 16.3 Å². The van der Waals surface area contributed by atoms with E-state index in [1.807, 2.05) is 0 Å². The molecule has 3 aromatic carbocycles. The number of phenolic OH excluding ortho intramolecular Hbond substituents is 1. The highest BCUT2D eigenvalue weighted by atomic mass is 32.2. The van der Waals surface area contributed by atoms with Crippen molar-refractivity contribution in [2.24, 2.45) is 10.2 Å². The molecule has 52 heavy (non-hydrogen) atoms. The molecular weight excluding hydrogens is 709 g/mol. The number of nitrogens with zero attached hydrogens (tertiary/aromatic N) is 2. The number of rotatable bonds is 24. The van der Waals surface area contributed by atoms with Gasteiger partial charge in [0.25, 0.3) is 26.1 Å². The molecule has 0 fully saturated rings. The maximum atomic E-state index is 13.1. The molecule has 2 amide bonds. The number of hydrogen-bond donors (Lipinski definition) is 5. The number of phenols is 1. The number of amides is 2. The predicted octanol–water partition coefficient (Wildman–Crippen LogP) is 8.18. The van der Waals surface area contributed by atoms with Gasteiger partial charge in [-0.2, -0.15) is 16.8 Å². The molecule has 0 bridgehead atoms. The number of benzene rings is 3. The predicted molar refractivity (Wildman–Crippen MR) is 202 cm³/mol. The molecule has 3 aromatic rings. The van der Waals surface area contributed by atoms with Gasteiger partial charge in [-0.25, -0.2) is 0 Å². The molecule has 0 aliphatic heterocycles. The summed E-state index contributed by atoms with van der Waals surface area (Å²) in [6.07, 6.45) is 15.8. The van der Waals surface area contributed by atoms with Crippen molar-refractivity contribution in [3.63, 3.8) is 0 Å². The van der Waals surface area contributed by atoms with Crippen LogP contribution in [0, 0.1) is 0 Å². The summed E-state index contributed by atoms with van der Waals surface area (Å²) in [5, 5.41) is 23.0. The van der Waals surface area contributed by atoms with Crippen LogP contribution in [0.4, 0.5) is 11.4 Å². The Labute approximate surface area is 307 Å². The van der Waals surface area contributed by atoms with Crippen molar-refractivity contribution in [1.82, 2.24) is 10.6 Å². The van der Waals surface area contributed by atoms with Gasteiger partial charge in [0.15, 0.2) is 5.25 Å². The topological polar surface area (TPSA) is 212 Å². The van der Waals surface area contributed by atoms with Gasteiger partial charge in [-0.05, 0) is 24.6 Å². The van der Waals surface area contributed by atoms with Crippen molar-refractivity contribution in [1.29, 1.82) is 0 Å². The van der Waals surface area contributed by atoms with Crippen molar-refractivity contribution >= 4 is 54.2 Å². The van der Waals surface area contributed by atoms with Gasteiger partial charge in [-0.1, -0.05) is 133 Å². The Hall–Kier alpha value is -3.92. The van der Waals surface area contributed by atoms with Crippen LogP contribution in [0.5, 0.6) is 5.75 Å². The third kappa shape index (κ3) is 13.9. The highest BCUT2D eigenvalue weighted by Gasteiger charge is 2.30.